The molecule has 0 saturated heterocycles. The van der Waals surface area contributed by atoms with Crippen molar-refractivity contribution in [1.82, 2.24) is 14.8 Å². The van der Waals surface area contributed by atoms with Gasteiger partial charge in [0.2, 0.25) is 5.91 Å². The lowest BCUT2D eigenvalue weighted by Gasteiger charge is -2.03. The number of carbonyl (C=O) groups excluding carboxylic acids is 1. The monoisotopic (exact) mass is 218 g/mol. The van der Waals surface area contributed by atoms with E-state index in [-0.39, 0.29) is 5.91 Å². The number of hydrogen-bond donors (Lipinski definition) is 2. The summed E-state index contributed by atoms with van der Waals surface area (Å²) >= 11 is 0. The van der Waals surface area contributed by atoms with E-state index < -0.39 is 0 Å². The minimum atomic E-state index is -0.0393. The summed E-state index contributed by atoms with van der Waals surface area (Å²) in [6.45, 7) is 1.96. The van der Waals surface area contributed by atoms with E-state index in [4.69, 9.17) is 0 Å². The van der Waals surface area contributed by atoms with Crippen LogP contribution in [0.15, 0.2) is 24.5 Å². The number of amides is 1. The second-order valence-corrected chi connectivity index (χ2v) is 3.76. The topological polar surface area (TPSA) is 62.7 Å². The zero-order valence-electron chi connectivity index (χ0n) is 9.32. The summed E-state index contributed by atoms with van der Waals surface area (Å²) in [6, 6.07) is 3.73. The molecule has 0 unspecified atom stereocenters. The predicted octanol–water partition coefficient (Wildman–Crippen LogP) is 1.24. The van der Waals surface area contributed by atoms with E-state index in [1.54, 1.807) is 24.0 Å². The molecule has 0 bridgehead atoms. The fourth-order valence-corrected chi connectivity index (χ4v) is 1.54. The van der Waals surface area contributed by atoms with Gasteiger partial charge in [0.1, 0.15) is 5.82 Å². The first-order chi connectivity index (χ1) is 7.65. The van der Waals surface area contributed by atoms with Crippen LogP contribution < -0.4 is 5.32 Å². The highest BCUT2D eigenvalue weighted by Crippen LogP contribution is 2.07. The van der Waals surface area contributed by atoms with Gasteiger partial charge in [-0.05, 0) is 18.6 Å². The number of H-pyrrole nitrogens is 1. The number of rotatable bonds is 3. The first kappa shape index (κ1) is 10.5. The number of nitrogens with one attached hydrogen (secondary N) is 2. The number of aryl methyl sites for hydroxylation is 2. The third kappa shape index (κ3) is 2.31. The van der Waals surface area contributed by atoms with Gasteiger partial charge < -0.3 is 10.3 Å². The van der Waals surface area contributed by atoms with Crippen LogP contribution in [0.3, 0.4) is 0 Å². The van der Waals surface area contributed by atoms with Crippen LogP contribution >= 0.6 is 0 Å². The third-order valence-corrected chi connectivity index (χ3v) is 2.34. The summed E-state index contributed by atoms with van der Waals surface area (Å²) in [7, 11) is 1.79. The van der Waals surface area contributed by atoms with Gasteiger partial charge in [0.05, 0.1) is 12.6 Å². The predicted molar refractivity (Wildman–Crippen MR) is 61.1 cm³/mol. The lowest BCUT2D eigenvalue weighted by Crippen LogP contribution is -2.16. The maximum atomic E-state index is 11.7. The Morgan fingerprint density at radius 1 is 1.62 bits per heavy atom. The Balaban J connectivity index is 1.97. The van der Waals surface area contributed by atoms with Crippen molar-refractivity contribution in [3.8, 4) is 0 Å². The Kier molecular flexibility index (Phi) is 2.76. The zero-order valence-corrected chi connectivity index (χ0v) is 9.32. The second-order valence-electron chi connectivity index (χ2n) is 3.76. The second kappa shape index (κ2) is 4.22. The fraction of sp³-hybridized carbons (Fsp3) is 0.273. The Morgan fingerprint density at radius 3 is 3.00 bits per heavy atom. The van der Waals surface area contributed by atoms with Gasteiger partial charge in [0, 0.05) is 25.0 Å². The van der Waals surface area contributed by atoms with E-state index in [1.165, 1.54) is 0 Å². The molecule has 16 heavy (non-hydrogen) atoms. The quantitative estimate of drug-likeness (QED) is 0.814. The van der Waals surface area contributed by atoms with Gasteiger partial charge in [-0.1, -0.05) is 0 Å². The van der Waals surface area contributed by atoms with Crippen LogP contribution in [0.2, 0.25) is 0 Å². The first-order valence-electron chi connectivity index (χ1n) is 5.07. The average Bonchev–Trinajstić information content (AvgIpc) is 2.77. The lowest BCUT2D eigenvalue weighted by molar-refractivity contribution is -0.115. The average molecular weight is 218 g/mol. The smallest absolute Gasteiger partial charge is 0.229 e. The first-order valence-corrected chi connectivity index (χ1v) is 5.07. The van der Waals surface area contributed by atoms with Crippen molar-refractivity contribution in [2.45, 2.75) is 13.3 Å². The molecule has 0 spiro atoms. The van der Waals surface area contributed by atoms with Crippen LogP contribution in [0, 0.1) is 6.92 Å². The molecule has 0 aliphatic rings. The van der Waals surface area contributed by atoms with Crippen molar-refractivity contribution in [2.75, 3.05) is 5.32 Å². The van der Waals surface area contributed by atoms with Crippen molar-refractivity contribution in [3.05, 3.63) is 35.8 Å². The minimum absolute atomic E-state index is 0.0393. The molecule has 5 nitrogen and oxygen atoms in total. The molecule has 2 heterocycles. The Bertz CT molecular complexity index is 498. The molecule has 1 amide bonds. The molecule has 0 aliphatic carbocycles. The molecule has 84 valence electrons. The molecule has 0 radical (unpaired) electrons. The Hall–Kier alpha value is -2.04. The number of nitrogens with zero attached hydrogens (tertiary/aromatic N) is 2. The van der Waals surface area contributed by atoms with Crippen LogP contribution in [0.1, 0.15) is 11.3 Å². The van der Waals surface area contributed by atoms with Crippen molar-refractivity contribution in [2.24, 2.45) is 7.05 Å². The molecule has 0 saturated carbocycles. The zero-order chi connectivity index (χ0) is 11.5. The molecule has 0 aromatic carbocycles. The molecule has 5 heteroatoms. The van der Waals surface area contributed by atoms with Gasteiger partial charge in [-0.15, -0.1) is 0 Å². The summed E-state index contributed by atoms with van der Waals surface area (Å²) in [6.07, 6.45) is 3.86. The van der Waals surface area contributed by atoms with Crippen LogP contribution in [0.25, 0.3) is 0 Å². The molecule has 0 fully saturated rings. The molecule has 2 aromatic heterocycles. The highest BCUT2D eigenvalue weighted by atomic mass is 16.1. The SMILES string of the molecule is Cc1cc(CC(=O)Nc2ccnn2C)c[nH]1. The van der Waals surface area contributed by atoms with E-state index in [0.29, 0.717) is 12.2 Å². The number of anilines is 1. The van der Waals surface area contributed by atoms with Gasteiger partial charge in [0.25, 0.3) is 0 Å². The molecular weight excluding hydrogens is 204 g/mol. The normalized spacial score (nSPS) is 10.4. The van der Waals surface area contributed by atoms with Gasteiger partial charge >= 0.3 is 0 Å². The summed E-state index contributed by atoms with van der Waals surface area (Å²) in [5.41, 5.74) is 2.04. The number of carbonyl (C=O) groups is 1. The van der Waals surface area contributed by atoms with Crippen LogP contribution in [0.4, 0.5) is 5.82 Å². The Labute approximate surface area is 93.5 Å². The summed E-state index contributed by atoms with van der Waals surface area (Å²) in [5.74, 6) is 0.667. The summed E-state index contributed by atoms with van der Waals surface area (Å²) in [4.78, 5) is 14.7. The standard InChI is InChI=1S/C11H14N4O/c1-8-5-9(7-12-8)6-11(16)14-10-3-4-13-15(10)2/h3-5,7,12H,6H2,1-2H3,(H,14,16). The maximum absolute atomic E-state index is 11.7. The van der Waals surface area contributed by atoms with Crippen molar-refractivity contribution in [1.29, 1.82) is 0 Å². The van der Waals surface area contributed by atoms with Crippen molar-refractivity contribution >= 4 is 11.7 Å². The highest BCUT2D eigenvalue weighted by Gasteiger charge is 2.07. The molecule has 2 N–H and O–H groups in total. The van der Waals surface area contributed by atoms with Crippen molar-refractivity contribution < 1.29 is 4.79 Å². The molecule has 2 rings (SSSR count). The number of hydrogen-bond acceptors (Lipinski definition) is 2. The van der Waals surface area contributed by atoms with Crippen LogP contribution in [0.5, 0.6) is 0 Å². The van der Waals surface area contributed by atoms with Gasteiger partial charge in [-0.2, -0.15) is 5.10 Å². The summed E-state index contributed by atoms with van der Waals surface area (Å²) in [5, 5.41) is 6.77. The van der Waals surface area contributed by atoms with E-state index in [1.807, 2.05) is 19.2 Å². The summed E-state index contributed by atoms with van der Waals surface area (Å²) < 4.78 is 1.63. The van der Waals surface area contributed by atoms with Gasteiger partial charge in [-0.25, -0.2) is 0 Å². The van der Waals surface area contributed by atoms with Crippen LogP contribution in [-0.2, 0) is 18.3 Å². The molecule has 0 atom stereocenters. The molecule has 2 aromatic rings. The van der Waals surface area contributed by atoms with E-state index in [0.717, 1.165) is 11.3 Å². The number of aromatic amines is 1. The van der Waals surface area contributed by atoms with E-state index >= 15 is 0 Å². The number of aromatic nitrogens is 3. The Morgan fingerprint density at radius 2 is 2.44 bits per heavy atom. The van der Waals surface area contributed by atoms with Gasteiger partial charge in [0.15, 0.2) is 0 Å². The third-order valence-electron chi connectivity index (χ3n) is 2.34. The highest BCUT2D eigenvalue weighted by molar-refractivity contribution is 5.91. The van der Waals surface area contributed by atoms with E-state index in [2.05, 4.69) is 15.4 Å². The van der Waals surface area contributed by atoms with E-state index in [9.17, 15) is 4.79 Å². The lowest BCUT2D eigenvalue weighted by atomic mass is 10.2. The minimum Gasteiger partial charge on any atom is -0.365 e. The maximum Gasteiger partial charge on any atom is 0.229 e. The fourth-order valence-electron chi connectivity index (χ4n) is 1.54. The van der Waals surface area contributed by atoms with Gasteiger partial charge in [-0.3, -0.25) is 9.48 Å². The van der Waals surface area contributed by atoms with Crippen molar-refractivity contribution in [3.63, 3.8) is 0 Å². The molecular formula is C11H14N4O. The molecule has 0 aliphatic heterocycles. The largest absolute Gasteiger partial charge is 0.365 e. The van der Waals surface area contributed by atoms with Crippen LogP contribution in [-0.4, -0.2) is 20.7 Å².